The maximum absolute atomic E-state index is 12.6. The second-order valence-electron chi connectivity index (χ2n) is 6.52. The summed E-state index contributed by atoms with van der Waals surface area (Å²) in [4.78, 5) is 4.66. The number of hydrogen-bond donors (Lipinski definition) is 0. The molecule has 3 rings (SSSR count). The van der Waals surface area contributed by atoms with Crippen molar-refractivity contribution in [2.75, 3.05) is 13.1 Å². The van der Waals surface area contributed by atoms with Gasteiger partial charge < -0.3 is 0 Å². The summed E-state index contributed by atoms with van der Waals surface area (Å²) >= 11 is 1.63. The number of thioether (sulfide) groups is 1. The highest BCUT2D eigenvalue weighted by Crippen LogP contribution is 2.25. The highest BCUT2D eigenvalue weighted by molar-refractivity contribution is 7.98. The summed E-state index contributed by atoms with van der Waals surface area (Å²) in [6.07, 6.45) is 4.49. The Balaban J connectivity index is 1.68. The van der Waals surface area contributed by atoms with E-state index in [0.29, 0.717) is 18.0 Å². The van der Waals surface area contributed by atoms with Gasteiger partial charge in [0.1, 0.15) is 4.90 Å². The molecule has 0 aliphatic carbocycles. The van der Waals surface area contributed by atoms with E-state index in [0.717, 1.165) is 30.0 Å². The predicted octanol–water partition coefficient (Wildman–Crippen LogP) is 4.17. The summed E-state index contributed by atoms with van der Waals surface area (Å²) < 4.78 is 26.9. The van der Waals surface area contributed by atoms with Gasteiger partial charge in [-0.05, 0) is 49.9 Å². The molecule has 134 valence electrons. The Morgan fingerprint density at radius 2 is 1.84 bits per heavy atom. The first kappa shape index (κ1) is 18.4. The molecule has 0 unspecified atom stereocenters. The third kappa shape index (κ3) is 4.43. The van der Waals surface area contributed by atoms with Crippen LogP contribution >= 0.6 is 11.8 Å². The van der Waals surface area contributed by atoms with E-state index in [2.05, 4.69) is 37.0 Å². The van der Waals surface area contributed by atoms with Crippen LogP contribution in [-0.4, -0.2) is 30.8 Å². The lowest BCUT2D eigenvalue weighted by atomic mass is 10.1. The molecule has 1 fully saturated rings. The Bertz CT molecular complexity index is 827. The van der Waals surface area contributed by atoms with E-state index in [4.69, 9.17) is 0 Å². The highest BCUT2D eigenvalue weighted by atomic mass is 32.2. The average Bonchev–Trinajstić information content (AvgIpc) is 2.63. The Hall–Kier alpha value is -1.37. The van der Waals surface area contributed by atoms with Crippen LogP contribution in [0.2, 0.25) is 0 Å². The fourth-order valence-corrected chi connectivity index (χ4v) is 5.34. The number of benzene rings is 1. The van der Waals surface area contributed by atoms with Gasteiger partial charge >= 0.3 is 0 Å². The molecular formula is C19H24N2O2S2. The second kappa shape index (κ2) is 7.89. The zero-order valence-corrected chi connectivity index (χ0v) is 16.4. The Morgan fingerprint density at radius 1 is 1.08 bits per heavy atom. The van der Waals surface area contributed by atoms with Crippen molar-refractivity contribution in [3.05, 3.63) is 53.2 Å². The fraction of sp³-hybridized carbons (Fsp3) is 0.421. The Labute approximate surface area is 154 Å². The zero-order chi connectivity index (χ0) is 17.9. The molecule has 0 radical (unpaired) electrons. The molecule has 6 heteroatoms. The monoisotopic (exact) mass is 376 g/mol. The number of sulfonamides is 1. The fourth-order valence-electron chi connectivity index (χ4n) is 2.97. The summed E-state index contributed by atoms with van der Waals surface area (Å²) in [5.74, 6) is 0.832. The van der Waals surface area contributed by atoms with Crippen LogP contribution in [0.3, 0.4) is 0 Å². The molecule has 2 heterocycles. The van der Waals surface area contributed by atoms with Crippen molar-refractivity contribution in [2.45, 2.75) is 48.8 Å². The Morgan fingerprint density at radius 3 is 2.52 bits per heavy atom. The van der Waals surface area contributed by atoms with Crippen LogP contribution in [-0.2, 0) is 15.8 Å². The number of aryl methyl sites for hydroxylation is 2. The molecular weight excluding hydrogens is 352 g/mol. The minimum absolute atomic E-state index is 0.297. The van der Waals surface area contributed by atoms with Gasteiger partial charge in [-0.3, -0.25) is 0 Å². The second-order valence-corrected chi connectivity index (χ2v) is 9.45. The van der Waals surface area contributed by atoms with E-state index in [1.165, 1.54) is 22.9 Å². The lowest BCUT2D eigenvalue weighted by Gasteiger charge is -2.25. The first-order valence-electron chi connectivity index (χ1n) is 8.62. The predicted molar refractivity (Wildman–Crippen MR) is 102 cm³/mol. The number of pyridine rings is 1. The summed E-state index contributed by atoms with van der Waals surface area (Å²) in [6.45, 7) is 5.43. The SMILES string of the molecule is Cc1ccc(C)c(CSc2ccc(S(=O)(=O)N3CCCCC3)cn2)c1. The van der Waals surface area contributed by atoms with Gasteiger partial charge in [0.15, 0.2) is 0 Å². The molecule has 2 aromatic rings. The van der Waals surface area contributed by atoms with E-state index in [1.54, 1.807) is 22.1 Å². The number of aromatic nitrogens is 1. The van der Waals surface area contributed by atoms with Crippen LogP contribution in [0.1, 0.15) is 36.0 Å². The molecule has 0 N–H and O–H groups in total. The lowest BCUT2D eigenvalue weighted by molar-refractivity contribution is 0.346. The molecule has 4 nitrogen and oxygen atoms in total. The van der Waals surface area contributed by atoms with Crippen molar-refractivity contribution in [2.24, 2.45) is 0 Å². The maximum atomic E-state index is 12.6. The number of hydrogen-bond acceptors (Lipinski definition) is 4. The summed E-state index contributed by atoms with van der Waals surface area (Å²) in [5.41, 5.74) is 3.80. The van der Waals surface area contributed by atoms with Gasteiger partial charge in [-0.1, -0.05) is 30.2 Å². The van der Waals surface area contributed by atoms with Crippen LogP contribution in [0, 0.1) is 13.8 Å². The molecule has 1 aliphatic heterocycles. The van der Waals surface area contributed by atoms with Crippen LogP contribution in [0.25, 0.3) is 0 Å². The van der Waals surface area contributed by atoms with E-state index >= 15 is 0 Å². The number of nitrogens with zero attached hydrogens (tertiary/aromatic N) is 2. The Kier molecular flexibility index (Phi) is 5.81. The van der Waals surface area contributed by atoms with Crippen molar-refractivity contribution in [3.8, 4) is 0 Å². The van der Waals surface area contributed by atoms with Crippen LogP contribution in [0.15, 0.2) is 46.5 Å². The molecule has 1 saturated heterocycles. The third-order valence-electron chi connectivity index (χ3n) is 4.54. The molecule has 1 aromatic heterocycles. The topological polar surface area (TPSA) is 50.3 Å². The average molecular weight is 377 g/mol. The molecule has 1 aromatic carbocycles. The van der Waals surface area contributed by atoms with Crippen molar-refractivity contribution in [1.82, 2.24) is 9.29 Å². The first-order chi connectivity index (χ1) is 12.0. The van der Waals surface area contributed by atoms with Crippen LogP contribution in [0.5, 0.6) is 0 Å². The van der Waals surface area contributed by atoms with Gasteiger partial charge in [-0.15, -0.1) is 11.8 Å². The van der Waals surface area contributed by atoms with E-state index in [1.807, 2.05) is 6.07 Å². The van der Waals surface area contributed by atoms with Crippen molar-refractivity contribution in [1.29, 1.82) is 0 Å². The van der Waals surface area contributed by atoms with E-state index < -0.39 is 10.0 Å². The highest BCUT2D eigenvalue weighted by Gasteiger charge is 2.26. The quantitative estimate of drug-likeness (QED) is 0.735. The smallest absolute Gasteiger partial charge is 0.244 e. The lowest BCUT2D eigenvalue weighted by Crippen LogP contribution is -2.35. The summed E-state index contributed by atoms with van der Waals surface area (Å²) in [7, 11) is -3.40. The van der Waals surface area contributed by atoms with E-state index in [9.17, 15) is 8.42 Å². The minimum atomic E-state index is -3.40. The standard InChI is InChI=1S/C19H24N2O2S2/c1-15-6-7-16(2)17(12-15)14-24-19-9-8-18(13-20-19)25(22,23)21-10-4-3-5-11-21/h6-9,12-13H,3-5,10-11,14H2,1-2H3. The normalized spacial score (nSPS) is 16.1. The van der Waals surface area contributed by atoms with Crippen LogP contribution in [0.4, 0.5) is 0 Å². The van der Waals surface area contributed by atoms with Gasteiger partial charge in [0.25, 0.3) is 0 Å². The molecule has 0 saturated carbocycles. The summed E-state index contributed by atoms with van der Waals surface area (Å²) in [6, 6.07) is 9.93. The molecule has 25 heavy (non-hydrogen) atoms. The number of rotatable bonds is 5. The van der Waals surface area contributed by atoms with Gasteiger partial charge in [0, 0.05) is 25.0 Å². The first-order valence-corrected chi connectivity index (χ1v) is 11.0. The molecule has 0 bridgehead atoms. The largest absolute Gasteiger partial charge is 0.249 e. The summed E-state index contributed by atoms with van der Waals surface area (Å²) in [5, 5.41) is 0.846. The van der Waals surface area contributed by atoms with Gasteiger partial charge in [-0.2, -0.15) is 4.31 Å². The maximum Gasteiger partial charge on any atom is 0.244 e. The van der Waals surface area contributed by atoms with Gasteiger partial charge in [-0.25, -0.2) is 13.4 Å². The zero-order valence-electron chi connectivity index (χ0n) is 14.7. The van der Waals surface area contributed by atoms with Gasteiger partial charge in [0.05, 0.1) is 5.03 Å². The molecule has 1 aliphatic rings. The van der Waals surface area contributed by atoms with Crippen molar-refractivity contribution < 1.29 is 8.42 Å². The molecule has 0 amide bonds. The van der Waals surface area contributed by atoms with Crippen LogP contribution < -0.4 is 0 Å². The van der Waals surface area contributed by atoms with Crippen molar-refractivity contribution >= 4 is 21.8 Å². The van der Waals surface area contributed by atoms with Gasteiger partial charge in [0.2, 0.25) is 10.0 Å². The van der Waals surface area contributed by atoms with Crippen molar-refractivity contribution in [3.63, 3.8) is 0 Å². The molecule has 0 spiro atoms. The molecule has 0 atom stereocenters. The minimum Gasteiger partial charge on any atom is -0.249 e. The van der Waals surface area contributed by atoms with E-state index in [-0.39, 0.29) is 0 Å². The third-order valence-corrected chi connectivity index (χ3v) is 7.42. The number of piperidine rings is 1.